The second-order valence-corrected chi connectivity index (χ2v) is 3.73. The predicted octanol–water partition coefficient (Wildman–Crippen LogP) is 0.535. The van der Waals surface area contributed by atoms with Crippen molar-refractivity contribution >= 4 is 11.4 Å². The Morgan fingerprint density at radius 1 is 1.53 bits per heavy atom. The van der Waals surface area contributed by atoms with E-state index in [2.05, 4.69) is 10.3 Å². The van der Waals surface area contributed by atoms with Crippen molar-refractivity contribution in [1.82, 2.24) is 4.98 Å². The molecule has 0 fully saturated rings. The Labute approximate surface area is 98.3 Å². The molecule has 7 heteroatoms. The smallest absolute Gasteiger partial charge is 0.310 e. The van der Waals surface area contributed by atoms with Crippen LogP contribution >= 0.6 is 0 Å². The molecule has 0 aliphatic heterocycles. The van der Waals surface area contributed by atoms with Crippen LogP contribution in [0.5, 0.6) is 0 Å². The summed E-state index contributed by atoms with van der Waals surface area (Å²) in [6.07, 6.45) is 2.96. The first kappa shape index (κ1) is 13.3. The third-order valence-electron chi connectivity index (χ3n) is 2.68. The van der Waals surface area contributed by atoms with E-state index in [4.69, 9.17) is 0 Å². The molecule has 0 aliphatic carbocycles. The summed E-state index contributed by atoms with van der Waals surface area (Å²) >= 11 is 0. The van der Waals surface area contributed by atoms with Crippen LogP contribution in [0.2, 0.25) is 0 Å². The van der Waals surface area contributed by atoms with Crippen LogP contribution < -0.4 is 5.32 Å². The van der Waals surface area contributed by atoms with Gasteiger partial charge in [-0.1, -0.05) is 6.92 Å². The Kier molecular flexibility index (Phi) is 4.36. The molecule has 0 saturated carbocycles. The van der Waals surface area contributed by atoms with Gasteiger partial charge in [-0.15, -0.1) is 0 Å². The van der Waals surface area contributed by atoms with Crippen molar-refractivity contribution < 1.29 is 15.1 Å². The van der Waals surface area contributed by atoms with E-state index in [9.17, 15) is 20.3 Å². The molecule has 0 bridgehead atoms. The number of rotatable bonds is 6. The molecular formula is C10H15N3O4. The Hall–Kier alpha value is -1.73. The SMILES string of the molecule is CCC(CO)(CO)Nc1ccncc1[N+](=O)[O-]. The number of hydrogen-bond donors (Lipinski definition) is 3. The molecule has 0 saturated heterocycles. The lowest BCUT2D eigenvalue weighted by molar-refractivity contribution is -0.384. The van der Waals surface area contributed by atoms with E-state index in [0.29, 0.717) is 6.42 Å². The molecular weight excluding hydrogens is 226 g/mol. The van der Waals surface area contributed by atoms with E-state index in [1.165, 1.54) is 12.3 Å². The molecule has 0 radical (unpaired) electrons. The van der Waals surface area contributed by atoms with E-state index in [1.807, 2.05) is 0 Å². The van der Waals surface area contributed by atoms with Gasteiger partial charge in [-0.05, 0) is 12.5 Å². The Morgan fingerprint density at radius 3 is 2.65 bits per heavy atom. The average Bonchev–Trinajstić information content (AvgIpc) is 2.36. The zero-order valence-corrected chi connectivity index (χ0v) is 9.46. The molecule has 0 amide bonds. The van der Waals surface area contributed by atoms with Crippen LogP contribution in [0.1, 0.15) is 13.3 Å². The Balaban J connectivity index is 3.05. The number of aromatic nitrogens is 1. The van der Waals surface area contributed by atoms with Gasteiger partial charge in [0.05, 0.1) is 23.7 Å². The number of aliphatic hydroxyl groups is 2. The second-order valence-electron chi connectivity index (χ2n) is 3.73. The third kappa shape index (κ3) is 2.89. The van der Waals surface area contributed by atoms with E-state index in [1.54, 1.807) is 6.92 Å². The largest absolute Gasteiger partial charge is 0.394 e. The first-order valence-corrected chi connectivity index (χ1v) is 5.17. The fourth-order valence-corrected chi connectivity index (χ4v) is 1.36. The maximum absolute atomic E-state index is 10.8. The molecule has 94 valence electrons. The highest BCUT2D eigenvalue weighted by molar-refractivity contribution is 5.61. The maximum atomic E-state index is 10.8. The number of nitro groups is 1. The van der Waals surface area contributed by atoms with E-state index in [0.717, 1.165) is 6.20 Å². The number of pyridine rings is 1. The molecule has 0 spiro atoms. The molecule has 17 heavy (non-hydrogen) atoms. The van der Waals surface area contributed by atoms with Crippen LogP contribution in [0.3, 0.4) is 0 Å². The number of nitrogens with zero attached hydrogens (tertiary/aromatic N) is 2. The maximum Gasteiger partial charge on any atom is 0.310 e. The van der Waals surface area contributed by atoms with Gasteiger partial charge in [0.1, 0.15) is 11.9 Å². The quantitative estimate of drug-likeness (QED) is 0.495. The van der Waals surface area contributed by atoms with Gasteiger partial charge in [0, 0.05) is 6.20 Å². The fraction of sp³-hybridized carbons (Fsp3) is 0.500. The van der Waals surface area contributed by atoms with Crippen molar-refractivity contribution in [2.24, 2.45) is 0 Å². The predicted molar refractivity (Wildman–Crippen MR) is 61.7 cm³/mol. The van der Waals surface area contributed by atoms with E-state index < -0.39 is 10.5 Å². The molecule has 1 aromatic rings. The summed E-state index contributed by atoms with van der Waals surface area (Å²) in [5.74, 6) is 0. The topological polar surface area (TPSA) is 109 Å². The minimum Gasteiger partial charge on any atom is -0.394 e. The first-order valence-electron chi connectivity index (χ1n) is 5.17. The number of anilines is 1. The van der Waals surface area contributed by atoms with E-state index in [-0.39, 0.29) is 24.6 Å². The summed E-state index contributed by atoms with van der Waals surface area (Å²) in [6.45, 7) is 1.13. The van der Waals surface area contributed by atoms with Crippen molar-refractivity contribution in [1.29, 1.82) is 0 Å². The van der Waals surface area contributed by atoms with Gasteiger partial charge in [0.15, 0.2) is 0 Å². The lowest BCUT2D eigenvalue weighted by Gasteiger charge is -2.30. The van der Waals surface area contributed by atoms with Crippen LogP contribution in [0.15, 0.2) is 18.5 Å². The first-order chi connectivity index (χ1) is 8.08. The minimum atomic E-state index is -0.966. The van der Waals surface area contributed by atoms with Gasteiger partial charge in [-0.25, -0.2) is 0 Å². The fourth-order valence-electron chi connectivity index (χ4n) is 1.36. The van der Waals surface area contributed by atoms with Gasteiger partial charge < -0.3 is 15.5 Å². The van der Waals surface area contributed by atoms with Crippen LogP contribution in [0.4, 0.5) is 11.4 Å². The second kappa shape index (κ2) is 5.55. The van der Waals surface area contributed by atoms with Gasteiger partial charge in [0.2, 0.25) is 0 Å². The van der Waals surface area contributed by atoms with Gasteiger partial charge in [-0.3, -0.25) is 15.1 Å². The van der Waals surface area contributed by atoms with E-state index >= 15 is 0 Å². The number of hydrogen-bond acceptors (Lipinski definition) is 6. The van der Waals surface area contributed by atoms with Crippen LogP contribution in [-0.4, -0.2) is 38.9 Å². The zero-order chi connectivity index (χ0) is 12.9. The highest BCUT2D eigenvalue weighted by Crippen LogP contribution is 2.26. The normalized spacial score (nSPS) is 11.2. The lowest BCUT2D eigenvalue weighted by atomic mass is 9.98. The van der Waals surface area contributed by atoms with Gasteiger partial charge >= 0.3 is 5.69 Å². The van der Waals surface area contributed by atoms with Crippen molar-refractivity contribution in [3.8, 4) is 0 Å². The van der Waals surface area contributed by atoms with Crippen molar-refractivity contribution in [3.05, 3.63) is 28.6 Å². The Morgan fingerprint density at radius 2 is 2.18 bits per heavy atom. The molecule has 0 aromatic carbocycles. The van der Waals surface area contributed by atoms with Gasteiger partial charge in [0.25, 0.3) is 0 Å². The summed E-state index contributed by atoms with van der Waals surface area (Å²) < 4.78 is 0. The number of nitrogens with one attached hydrogen (secondary N) is 1. The van der Waals surface area contributed by atoms with Gasteiger partial charge in [-0.2, -0.15) is 0 Å². The minimum absolute atomic E-state index is 0.188. The van der Waals surface area contributed by atoms with Crippen molar-refractivity contribution in [2.45, 2.75) is 18.9 Å². The van der Waals surface area contributed by atoms with Crippen LogP contribution in [0, 0.1) is 10.1 Å². The van der Waals surface area contributed by atoms with Crippen LogP contribution in [-0.2, 0) is 0 Å². The summed E-state index contributed by atoms with van der Waals surface area (Å²) in [7, 11) is 0. The molecule has 1 aromatic heterocycles. The lowest BCUT2D eigenvalue weighted by Crippen LogP contribution is -2.45. The standard InChI is InChI=1S/C10H15N3O4/c1-2-10(6-14,7-15)12-8-3-4-11-5-9(8)13(16)17/h3-5,14-15H,2,6-7H2,1H3,(H,11,12). The van der Waals surface area contributed by atoms with Crippen molar-refractivity contribution in [3.63, 3.8) is 0 Å². The highest BCUT2D eigenvalue weighted by atomic mass is 16.6. The Bertz CT molecular complexity index is 385. The zero-order valence-electron chi connectivity index (χ0n) is 9.46. The van der Waals surface area contributed by atoms with Crippen LogP contribution in [0.25, 0.3) is 0 Å². The average molecular weight is 241 g/mol. The third-order valence-corrected chi connectivity index (χ3v) is 2.68. The molecule has 3 N–H and O–H groups in total. The molecule has 7 nitrogen and oxygen atoms in total. The molecule has 1 rings (SSSR count). The molecule has 0 unspecified atom stereocenters. The number of aliphatic hydroxyl groups excluding tert-OH is 2. The highest BCUT2D eigenvalue weighted by Gasteiger charge is 2.29. The molecule has 0 aliphatic rings. The molecule has 0 atom stereocenters. The summed E-state index contributed by atoms with van der Waals surface area (Å²) in [5.41, 5.74) is -0.922. The summed E-state index contributed by atoms with van der Waals surface area (Å²) in [4.78, 5) is 13.9. The summed E-state index contributed by atoms with van der Waals surface area (Å²) in [5, 5.41) is 32.1. The summed E-state index contributed by atoms with van der Waals surface area (Å²) in [6, 6.07) is 1.44. The van der Waals surface area contributed by atoms with Crippen molar-refractivity contribution in [2.75, 3.05) is 18.5 Å². The molecule has 1 heterocycles. The monoisotopic (exact) mass is 241 g/mol.